The van der Waals surface area contributed by atoms with Gasteiger partial charge >= 0.3 is 23.9 Å². The summed E-state index contributed by atoms with van der Waals surface area (Å²) < 4.78 is 28.2. The van der Waals surface area contributed by atoms with E-state index < -0.39 is 67.3 Å². The van der Waals surface area contributed by atoms with E-state index in [0.29, 0.717) is 25.7 Å². The predicted molar refractivity (Wildman–Crippen MR) is 330 cm³/mol. The summed E-state index contributed by atoms with van der Waals surface area (Å²) in [6, 6.07) is 0. The molecule has 0 aromatic carbocycles. The number of carboxylic acids is 1. The highest BCUT2D eigenvalue weighted by atomic mass is 16.7. The van der Waals surface area contributed by atoms with Crippen molar-refractivity contribution < 1.29 is 58.2 Å². The van der Waals surface area contributed by atoms with Crippen LogP contribution in [0.2, 0.25) is 0 Å². The van der Waals surface area contributed by atoms with Crippen molar-refractivity contribution in [1.29, 1.82) is 0 Å². The number of ether oxygens (including phenoxy) is 5. The molecule has 1 rings (SSSR count). The van der Waals surface area contributed by atoms with Gasteiger partial charge in [0, 0.05) is 12.8 Å². The summed E-state index contributed by atoms with van der Waals surface area (Å²) in [6.45, 7) is 5.52. The Labute approximate surface area is 487 Å². The van der Waals surface area contributed by atoms with Crippen LogP contribution in [0.1, 0.15) is 188 Å². The van der Waals surface area contributed by atoms with E-state index in [1.165, 1.54) is 0 Å². The van der Waals surface area contributed by atoms with Gasteiger partial charge in [0.15, 0.2) is 24.6 Å². The zero-order chi connectivity index (χ0) is 58.9. The number of carboxylic acid groups (broad SMARTS) is 1. The maximum atomic E-state index is 13.2. The number of aliphatic carboxylic acids is 1. The summed E-state index contributed by atoms with van der Waals surface area (Å²) in [4.78, 5) is 51.1. The number of unbranched alkanes of at least 4 members (excludes halogenated alkanes) is 7. The molecule has 0 amide bonds. The van der Waals surface area contributed by atoms with Gasteiger partial charge in [-0.3, -0.25) is 14.4 Å². The summed E-state index contributed by atoms with van der Waals surface area (Å²) in [6.07, 6.45) is 69.3. The van der Waals surface area contributed by atoms with Crippen molar-refractivity contribution >= 4 is 23.9 Å². The lowest BCUT2D eigenvalue weighted by Crippen LogP contribution is -2.61. The SMILES string of the molecule is CC/C=C\C/C=C\C/C=C\C/C=C\C/C=C\C/C=C\CCC(=O)OCC(COC1OC(C(=O)O)C(O)C(O)C1OC(=O)C/C=C\C/C=C\C/C=C\C/C=C\C/C=C\CC)OC(=O)CCCCCCCCC/C=C\C/C=C\C/C=C\CC. The second-order valence-corrected chi connectivity index (χ2v) is 19.5. The molecule has 6 unspecified atom stereocenters. The van der Waals surface area contributed by atoms with Gasteiger partial charge in [0.25, 0.3) is 0 Å². The fourth-order valence-corrected chi connectivity index (χ4v) is 7.83. The van der Waals surface area contributed by atoms with Crippen LogP contribution >= 0.6 is 0 Å². The van der Waals surface area contributed by atoms with Crippen LogP contribution in [0.5, 0.6) is 0 Å². The van der Waals surface area contributed by atoms with Crippen molar-refractivity contribution in [2.75, 3.05) is 13.2 Å². The van der Waals surface area contributed by atoms with Gasteiger partial charge in [-0.05, 0) is 116 Å². The lowest BCUT2D eigenvalue weighted by atomic mass is 9.98. The highest BCUT2D eigenvalue weighted by Crippen LogP contribution is 2.26. The van der Waals surface area contributed by atoms with Crippen molar-refractivity contribution in [2.24, 2.45) is 0 Å². The third-order valence-corrected chi connectivity index (χ3v) is 12.3. The third kappa shape index (κ3) is 44.4. The first-order valence-corrected chi connectivity index (χ1v) is 30.1. The van der Waals surface area contributed by atoms with Crippen molar-refractivity contribution in [3.63, 3.8) is 0 Å². The molecule has 1 aliphatic heterocycles. The van der Waals surface area contributed by atoms with Crippen LogP contribution < -0.4 is 0 Å². The molecule has 0 bridgehead atoms. The zero-order valence-electron chi connectivity index (χ0n) is 49.4. The maximum Gasteiger partial charge on any atom is 0.335 e. The van der Waals surface area contributed by atoms with Crippen LogP contribution in [0.25, 0.3) is 0 Å². The molecule has 1 fully saturated rings. The van der Waals surface area contributed by atoms with Crippen molar-refractivity contribution in [3.8, 4) is 0 Å². The molecule has 0 spiro atoms. The molecule has 0 aromatic rings. The number of allylic oxidation sites excluding steroid dienone is 27. The molecule has 1 heterocycles. The summed E-state index contributed by atoms with van der Waals surface area (Å²) >= 11 is 0. The number of carbonyl (C=O) groups is 4. The molecule has 1 saturated heterocycles. The smallest absolute Gasteiger partial charge is 0.335 e. The number of aliphatic hydroxyl groups is 2. The first-order valence-electron chi connectivity index (χ1n) is 30.1. The molecular formula is C69H102O12. The van der Waals surface area contributed by atoms with Gasteiger partial charge in [-0.2, -0.15) is 0 Å². The average molecular weight is 1120 g/mol. The van der Waals surface area contributed by atoms with Crippen LogP contribution in [0.3, 0.4) is 0 Å². The van der Waals surface area contributed by atoms with Gasteiger partial charge in [0.2, 0.25) is 0 Å². The Kier molecular flexibility index (Phi) is 49.3. The van der Waals surface area contributed by atoms with E-state index in [4.69, 9.17) is 23.7 Å². The van der Waals surface area contributed by atoms with E-state index in [1.54, 1.807) is 12.2 Å². The highest BCUT2D eigenvalue weighted by Gasteiger charge is 2.50. The van der Waals surface area contributed by atoms with Crippen molar-refractivity contribution in [2.45, 2.75) is 225 Å². The summed E-state index contributed by atoms with van der Waals surface area (Å²) in [7, 11) is 0. The van der Waals surface area contributed by atoms with E-state index in [1.807, 2.05) is 24.3 Å². The minimum atomic E-state index is -1.96. The Morgan fingerprint density at radius 3 is 1.23 bits per heavy atom. The van der Waals surface area contributed by atoms with Gasteiger partial charge in [0.1, 0.15) is 18.8 Å². The highest BCUT2D eigenvalue weighted by molar-refractivity contribution is 5.74. The Hall–Kier alpha value is -5.92. The number of hydrogen-bond acceptors (Lipinski definition) is 11. The Balaban J connectivity index is 2.80. The summed E-state index contributed by atoms with van der Waals surface area (Å²) in [5, 5.41) is 31.5. The minimum Gasteiger partial charge on any atom is -0.479 e. The Bertz CT molecular complexity index is 2060. The van der Waals surface area contributed by atoms with Crippen LogP contribution in [-0.2, 0) is 42.9 Å². The number of hydrogen-bond donors (Lipinski definition) is 3. The van der Waals surface area contributed by atoms with Gasteiger partial charge in [-0.25, -0.2) is 4.79 Å². The molecule has 450 valence electrons. The van der Waals surface area contributed by atoms with Crippen LogP contribution in [0, 0.1) is 0 Å². The lowest BCUT2D eigenvalue weighted by molar-refractivity contribution is -0.301. The zero-order valence-corrected chi connectivity index (χ0v) is 49.4. The molecule has 0 saturated carbocycles. The molecule has 12 heteroatoms. The molecule has 12 nitrogen and oxygen atoms in total. The van der Waals surface area contributed by atoms with Crippen LogP contribution in [-0.4, -0.2) is 89.2 Å². The second kappa shape index (κ2) is 54.7. The van der Waals surface area contributed by atoms with Crippen LogP contribution in [0.15, 0.2) is 170 Å². The number of aliphatic hydroxyl groups excluding tert-OH is 2. The lowest BCUT2D eigenvalue weighted by Gasteiger charge is -2.40. The monoisotopic (exact) mass is 1120 g/mol. The molecule has 81 heavy (non-hydrogen) atoms. The first kappa shape index (κ1) is 73.1. The van der Waals surface area contributed by atoms with E-state index in [2.05, 4.69) is 154 Å². The van der Waals surface area contributed by atoms with E-state index in [0.717, 1.165) is 122 Å². The van der Waals surface area contributed by atoms with Gasteiger partial charge in [-0.15, -0.1) is 0 Å². The van der Waals surface area contributed by atoms with Gasteiger partial charge in [0.05, 0.1) is 13.0 Å². The minimum absolute atomic E-state index is 0.0709. The maximum absolute atomic E-state index is 13.2. The van der Waals surface area contributed by atoms with E-state index in [-0.39, 0.29) is 25.9 Å². The summed E-state index contributed by atoms with van der Waals surface area (Å²) in [5.74, 6) is -3.44. The van der Waals surface area contributed by atoms with E-state index in [9.17, 15) is 34.5 Å². The van der Waals surface area contributed by atoms with Crippen molar-refractivity contribution in [3.05, 3.63) is 170 Å². The number of carbonyl (C=O) groups excluding carboxylic acids is 3. The fraction of sp³-hybridized carbons (Fsp3) is 0.536. The molecule has 3 N–H and O–H groups in total. The third-order valence-electron chi connectivity index (χ3n) is 12.3. The molecule has 0 aliphatic carbocycles. The molecular weight excluding hydrogens is 1020 g/mol. The Morgan fingerprint density at radius 2 is 0.802 bits per heavy atom. The number of rotatable bonds is 48. The Morgan fingerprint density at radius 1 is 0.420 bits per heavy atom. The largest absolute Gasteiger partial charge is 0.479 e. The molecule has 6 atom stereocenters. The first-order chi connectivity index (χ1) is 39.6. The predicted octanol–water partition coefficient (Wildman–Crippen LogP) is 15.9. The van der Waals surface area contributed by atoms with Gasteiger partial charge < -0.3 is 39.0 Å². The second-order valence-electron chi connectivity index (χ2n) is 19.5. The van der Waals surface area contributed by atoms with Gasteiger partial charge in [-0.1, -0.05) is 223 Å². The molecule has 0 radical (unpaired) electrons. The molecule has 1 aliphatic rings. The fourth-order valence-electron chi connectivity index (χ4n) is 7.83. The molecule has 0 aromatic heterocycles. The topological polar surface area (TPSA) is 175 Å². The quantitative estimate of drug-likeness (QED) is 0.0228. The van der Waals surface area contributed by atoms with E-state index >= 15 is 0 Å². The average Bonchev–Trinajstić information content (AvgIpc) is 3.53. The standard InChI is InChI=1S/C69H102O12/c1-4-7-10-13-16-19-22-25-28-30-31-33-35-37-40-43-46-49-52-55-61(70)77-58-60(79-62(71)56-53-50-47-44-41-39-36-32-29-26-23-20-17-14-11-8-5-2)59-78-69-67(65(74)64(73)66(81-69)68(75)76)80-63(72)57-54-51-48-45-42-38-34-27-24-21-18-15-12-9-6-3/h7-12,16-21,25-29,31,33-34,37,40,42,45-46,49,51,54,60,64-67,69,73-74H,4-6,13-15,22-24,30,32,35-36,38-39,41,43-44,47-48,50,52-53,55-59H2,1-3H3,(H,75,76)/b10-7-,11-8-,12-9-,19-16-,20-17-,21-18-,28-25-,29-26-,33-31-,34-27-,40-37-,45-42-,49-46-,54-51-. The van der Waals surface area contributed by atoms with Crippen molar-refractivity contribution in [1.82, 2.24) is 0 Å². The summed E-state index contributed by atoms with van der Waals surface area (Å²) in [5.41, 5.74) is 0. The normalized spacial score (nSPS) is 19.0. The van der Waals surface area contributed by atoms with Crippen LogP contribution in [0.4, 0.5) is 0 Å². The number of esters is 3.